The summed E-state index contributed by atoms with van der Waals surface area (Å²) in [5, 5.41) is 8.99. The Morgan fingerprint density at radius 1 is 1.18 bits per heavy atom. The molecular weight excluding hydrogens is 310 g/mol. The maximum atomic E-state index is 11.9. The van der Waals surface area contributed by atoms with Gasteiger partial charge in [0.2, 0.25) is 10.0 Å². The third-order valence-corrected chi connectivity index (χ3v) is 4.86. The molecule has 1 aliphatic carbocycles. The first-order valence-corrected chi connectivity index (χ1v) is 9.16. The highest BCUT2D eigenvalue weighted by Crippen LogP contribution is 2.29. The number of rotatable bonds is 5. The number of nitrogens with zero attached hydrogens (tertiary/aromatic N) is 1. The fourth-order valence-electron chi connectivity index (χ4n) is 2.63. The van der Waals surface area contributed by atoms with Gasteiger partial charge < -0.3 is 9.84 Å². The highest BCUT2D eigenvalue weighted by Gasteiger charge is 2.35. The number of hydrogen-bond acceptors (Lipinski definition) is 5. The zero-order valence-electron chi connectivity index (χ0n) is 13.5. The summed E-state index contributed by atoms with van der Waals surface area (Å²) < 4.78 is 30.2. The third kappa shape index (κ3) is 5.92. The summed E-state index contributed by atoms with van der Waals surface area (Å²) in [7, 11) is -3.57. The Bertz CT molecular complexity index is 514. The van der Waals surface area contributed by atoms with Crippen LogP contribution in [0.2, 0.25) is 0 Å². The van der Waals surface area contributed by atoms with Crippen LogP contribution in [-0.4, -0.2) is 54.2 Å². The van der Waals surface area contributed by atoms with Gasteiger partial charge in [0, 0.05) is 6.04 Å². The van der Waals surface area contributed by atoms with Crippen molar-refractivity contribution in [3.05, 3.63) is 0 Å². The van der Waals surface area contributed by atoms with Crippen LogP contribution in [0.25, 0.3) is 0 Å². The lowest BCUT2D eigenvalue weighted by atomic mass is 9.86. The number of carbonyl (C=O) groups is 2. The van der Waals surface area contributed by atoms with Crippen molar-refractivity contribution in [1.29, 1.82) is 0 Å². The molecule has 8 heteroatoms. The maximum Gasteiger partial charge on any atom is 0.321 e. The second kappa shape index (κ2) is 6.95. The average Bonchev–Trinajstić information content (AvgIpc) is 2.32. The number of sulfonamides is 1. The first kappa shape index (κ1) is 18.9. The van der Waals surface area contributed by atoms with E-state index in [0.29, 0.717) is 25.7 Å². The Morgan fingerprint density at radius 2 is 1.68 bits per heavy atom. The number of ether oxygens (including phenoxy) is 1. The number of esters is 1. The van der Waals surface area contributed by atoms with Gasteiger partial charge in [-0.3, -0.25) is 9.59 Å². The van der Waals surface area contributed by atoms with Gasteiger partial charge in [0.15, 0.2) is 0 Å². The minimum Gasteiger partial charge on any atom is -0.481 e. The lowest BCUT2D eigenvalue weighted by Crippen LogP contribution is -2.46. The van der Waals surface area contributed by atoms with Crippen LogP contribution in [-0.2, 0) is 24.3 Å². The van der Waals surface area contributed by atoms with Crippen molar-refractivity contribution in [2.45, 2.75) is 58.1 Å². The van der Waals surface area contributed by atoms with E-state index in [1.807, 2.05) is 0 Å². The normalized spacial score (nSPS) is 23.3. The molecule has 1 aliphatic rings. The van der Waals surface area contributed by atoms with Crippen molar-refractivity contribution < 1.29 is 27.9 Å². The molecule has 1 fully saturated rings. The molecule has 0 heterocycles. The zero-order chi connectivity index (χ0) is 17.1. The highest BCUT2D eigenvalue weighted by molar-refractivity contribution is 7.88. The Balaban J connectivity index is 2.75. The van der Waals surface area contributed by atoms with Gasteiger partial charge in [0.05, 0.1) is 12.2 Å². The number of carboxylic acid groups (broad SMARTS) is 1. The van der Waals surface area contributed by atoms with Crippen LogP contribution in [0.4, 0.5) is 0 Å². The molecule has 1 saturated carbocycles. The minimum absolute atomic E-state index is 0.335. The lowest BCUT2D eigenvalue weighted by Gasteiger charge is -2.34. The van der Waals surface area contributed by atoms with Crippen LogP contribution >= 0.6 is 0 Å². The zero-order valence-corrected chi connectivity index (χ0v) is 14.4. The summed E-state index contributed by atoms with van der Waals surface area (Å²) in [4.78, 5) is 22.9. The molecule has 0 aliphatic heterocycles. The van der Waals surface area contributed by atoms with Crippen LogP contribution in [0, 0.1) is 5.92 Å². The number of hydrogen-bond donors (Lipinski definition) is 1. The molecule has 1 N–H and O–H groups in total. The number of aliphatic carboxylic acids is 1. The predicted octanol–water partition coefficient (Wildman–Crippen LogP) is 1.23. The van der Waals surface area contributed by atoms with Gasteiger partial charge in [-0.05, 0) is 46.5 Å². The van der Waals surface area contributed by atoms with Gasteiger partial charge in [0.1, 0.15) is 12.1 Å². The van der Waals surface area contributed by atoms with E-state index in [1.165, 1.54) is 0 Å². The topological polar surface area (TPSA) is 101 Å². The largest absolute Gasteiger partial charge is 0.481 e. The molecule has 7 nitrogen and oxygen atoms in total. The van der Waals surface area contributed by atoms with Gasteiger partial charge in [-0.15, -0.1) is 0 Å². The molecule has 1 rings (SSSR count). The van der Waals surface area contributed by atoms with E-state index in [9.17, 15) is 18.0 Å². The minimum atomic E-state index is -3.57. The molecule has 0 bridgehead atoms. The first-order chi connectivity index (χ1) is 9.90. The van der Waals surface area contributed by atoms with E-state index in [-0.39, 0.29) is 12.6 Å². The summed E-state index contributed by atoms with van der Waals surface area (Å²) in [6.07, 6.45) is 2.76. The van der Waals surface area contributed by atoms with Gasteiger partial charge >= 0.3 is 11.9 Å². The Hall–Kier alpha value is -1.15. The number of carboxylic acids is 1. The van der Waals surface area contributed by atoms with E-state index in [4.69, 9.17) is 9.84 Å². The number of carbonyl (C=O) groups excluding carboxylic acids is 1. The molecule has 0 unspecified atom stereocenters. The lowest BCUT2D eigenvalue weighted by molar-refractivity contribution is -0.155. The van der Waals surface area contributed by atoms with Crippen LogP contribution in [0.15, 0.2) is 0 Å². The molecule has 0 radical (unpaired) electrons. The smallest absolute Gasteiger partial charge is 0.321 e. The molecule has 0 aromatic heterocycles. The van der Waals surface area contributed by atoms with E-state index in [1.54, 1.807) is 20.8 Å². The third-order valence-electron chi connectivity index (χ3n) is 3.58. The van der Waals surface area contributed by atoms with Gasteiger partial charge in [0.25, 0.3) is 0 Å². The van der Waals surface area contributed by atoms with E-state index in [0.717, 1.165) is 10.6 Å². The second-order valence-corrected chi connectivity index (χ2v) is 8.67. The van der Waals surface area contributed by atoms with Crippen LogP contribution < -0.4 is 0 Å². The quantitative estimate of drug-likeness (QED) is 0.758. The Kier molecular flexibility index (Phi) is 5.97. The summed E-state index contributed by atoms with van der Waals surface area (Å²) in [6.45, 7) is 4.81. The maximum absolute atomic E-state index is 11.9. The summed E-state index contributed by atoms with van der Waals surface area (Å²) >= 11 is 0. The van der Waals surface area contributed by atoms with Crippen molar-refractivity contribution in [2.75, 3.05) is 12.8 Å². The van der Waals surface area contributed by atoms with Crippen molar-refractivity contribution in [1.82, 2.24) is 4.31 Å². The first-order valence-electron chi connectivity index (χ1n) is 7.31. The molecule has 0 saturated heterocycles. The van der Waals surface area contributed by atoms with E-state index < -0.39 is 33.5 Å². The van der Waals surface area contributed by atoms with Gasteiger partial charge in [-0.1, -0.05) is 0 Å². The molecule has 22 heavy (non-hydrogen) atoms. The van der Waals surface area contributed by atoms with Gasteiger partial charge in [-0.2, -0.15) is 4.31 Å². The monoisotopic (exact) mass is 335 g/mol. The SMILES string of the molecule is CC(C)(C)OC(=O)CN(C1CCC(C(=O)O)CC1)S(C)(=O)=O. The standard InChI is InChI=1S/C14H25NO6S/c1-14(2,3)21-12(16)9-15(22(4,19)20)11-7-5-10(6-8-11)13(17)18/h10-11H,5-9H2,1-4H3,(H,17,18). The predicted molar refractivity (Wildman–Crippen MR) is 80.8 cm³/mol. The van der Waals surface area contributed by atoms with E-state index >= 15 is 0 Å². The van der Waals surface area contributed by atoms with E-state index in [2.05, 4.69) is 0 Å². The second-order valence-electron chi connectivity index (χ2n) is 6.74. The van der Waals surface area contributed by atoms with Crippen LogP contribution in [0.3, 0.4) is 0 Å². The molecular formula is C14H25NO6S. The molecule has 128 valence electrons. The molecule has 0 amide bonds. The molecule has 0 spiro atoms. The fraction of sp³-hybridized carbons (Fsp3) is 0.857. The molecule has 0 aromatic rings. The molecule has 0 atom stereocenters. The Labute approximate surface area is 131 Å². The Morgan fingerprint density at radius 3 is 2.05 bits per heavy atom. The van der Waals surface area contributed by atoms with Crippen molar-refractivity contribution in [3.8, 4) is 0 Å². The van der Waals surface area contributed by atoms with Crippen molar-refractivity contribution >= 4 is 22.0 Å². The fourth-order valence-corrected chi connectivity index (χ4v) is 3.72. The van der Waals surface area contributed by atoms with Crippen molar-refractivity contribution in [2.24, 2.45) is 5.92 Å². The summed E-state index contributed by atoms with van der Waals surface area (Å²) in [5.74, 6) is -1.88. The highest BCUT2D eigenvalue weighted by atomic mass is 32.2. The van der Waals surface area contributed by atoms with Crippen molar-refractivity contribution in [3.63, 3.8) is 0 Å². The van der Waals surface area contributed by atoms with Crippen LogP contribution in [0.5, 0.6) is 0 Å². The molecule has 0 aromatic carbocycles. The summed E-state index contributed by atoms with van der Waals surface area (Å²) in [5.41, 5.74) is -0.679. The average molecular weight is 335 g/mol. The van der Waals surface area contributed by atoms with Crippen LogP contribution in [0.1, 0.15) is 46.5 Å². The summed E-state index contributed by atoms with van der Waals surface area (Å²) in [6, 6.07) is -0.349. The van der Waals surface area contributed by atoms with Gasteiger partial charge in [-0.25, -0.2) is 8.42 Å².